The third kappa shape index (κ3) is 3.96. The summed E-state index contributed by atoms with van der Waals surface area (Å²) < 4.78 is 13.1. The summed E-state index contributed by atoms with van der Waals surface area (Å²) in [6.45, 7) is 0. The third-order valence-corrected chi connectivity index (χ3v) is 3.56. The van der Waals surface area contributed by atoms with Crippen molar-refractivity contribution in [1.82, 2.24) is 4.98 Å². The van der Waals surface area contributed by atoms with Crippen molar-refractivity contribution in [3.63, 3.8) is 0 Å². The highest BCUT2D eigenvalue weighted by molar-refractivity contribution is 7.13. The van der Waals surface area contributed by atoms with Crippen LogP contribution in [0, 0.1) is 5.82 Å². The molecule has 4 nitrogen and oxygen atoms in total. The van der Waals surface area contributed by atoms with Crippen molar-refractivity contribution in [3.05, 3.63) is 41.2 Å². The van der Waals surface area contributed by atoms with Crippen LogP contribution in [0.5, 0.6) is 0 Å². The molecule has 0 bridgehead atoms. The SMILES string of the molecule is O=C(O)CCC(=O)Cc1csc(-c2cccc(F)c2)n1. The summed E-state index contributed by atoms with van der Waals surface area (Å²) in [4.78, 5) is 26.2. The Labute approximate surface area is 118 Å². The molecule has 0 aliphatic carbocycles. The third-order valence-electron chi connectivity index (χ3n) is 2.62. The van der Waals surface area contributed by atoms with E-state index in [1.54, 1.807) is 17.5 Å². The smallest absolute Gasteiger partial charge is 0.303 e. The van der Waals surface area contributed by atoms with E-state index in [1.807, 2.05) is 0 Å². The lowest BCUT2D eigenvalue weighted by Gasteiger charge is -1.97. The van der Waals surface area contributed by atoms with Gasteiger partial charge in [-0.2, -0.15) is 0 Å². The van der Waals surface area contributed by atoms with E-state index in [-0.39, 0.29) is 30.9 Å². The van der Waals surface area contributed by atoms with Crippen LogP contribution in [-0.4, -0.2) is 21.8 Å². The predicted octanol–water partition coefficient (Wildman–Crippen LogP) is 2.93. The van der Waals surface area contributed by atoms with Crippen molar-refractivity contribution in [3.8, 4) is 10.6 Å². The van der Waals surface area contributed by atoms with Gasteiger partial charge in [0.05, 0.1) is 12.1 Å². The maximum absolute atomic E-state index is 13.1. The summed E-state index contributed by atoms with van der Waals surface area (Å²) in [6.07, 6.45) is -0.0546. The lowest BCUT2D eigenvalue weighted by atomic mass is 10.1. The zero-order valence-corrected chi connectivity index (χ0v) is 11.3. The quantitative estimate of drug-likeness (QED) is 0.889. The molecule has 0 atom stereocenters. The number of thiazole rings is 1. The maximum atomic E-state index is 13.1. The standard InChI is InChI=1S/C14H12FNO3S/c15-10-3-1-2-9(6-10)14-16-11(8-20-14)7-12(17)4-5-13(18)19/h1-3,6,8H,4-5,7H2,(H,18,19). The van der Waals surface area contributed by atoms with Gasteiger partial charge in [0.1, 0.15) is 16.6 Å². The Morgan fingerprint density at radius 3 is 2.80 bits per heavy atom. The second-order valence-corrected chi connectivity index (χ2v) is 5.12. The zero-order valence-electron chi connectivity index (χ0n) is 10.5. The second-order valence-electron chi connectivity index (χ2n) is 4.26. The molecule has 6 heteroatoms. The number of ketones is 1. The number of benzene rings is 1. The van der Waals surface area contributed by atoms with E-state index in [9.17, 15) is 14.0 Å². The molecule has 0 amide bonds. The van der Waals surface area contributed by atoms with Crippen LogP contribution in [0.25, 0.3) is 10.6 Å². The van der Waals surface area contributed by atoms with Crippen LogP contribution in [0.1, 0.15) is 18.5 Å². The van der Waals surface area contributed by atoms with Crippen LogP contribution >= 0.6 is 11.3 Å². The number of aromatic nitrogens is 1. The lowest BCUT2D eigenvalue weighted by Crippen LogP contribution is -2.06. The number of rotatable bonds is 6. The summed E-state index contributed by atoms with van der Waals surface area (Å²) in [7, 11) is 0. The van der Waals surface area contributed by atoms with E-state index in [2.05, 4.69) is 4.98 Å². The van der Waals surface area contributed by atoms with Crippen LogP contribution in [0.4, 0.5) is 4.39 Å². The number of carboxylic acids is 1. The summed E-state index contributed by atoms with van der Waals surface area (Å²) in [5.41, 5.74) is 1.25. The van der Waals surface area contributed by atoms with Gasteiger partial charge in [-0.15, -0.1) is 11.3 Å². The van der Waals surface area contributed by atoms with Crippen molar-refractivity contribution in [2.45, 2.75) is 19.3 Å². The Kier molecular flexibility index (Phi) is 4.57. The highest BCUT2D eigenvalue weighted by Crippen LogP contribution is 2.24. The fourth-order valence-electron chi connectivity index (χ4n) is 1.68. The van der Waals surface area contributed by atoms with Gasteiger partial charge in [-0.1, -0.05) is 12.1 Å². The summed E-state index contributed by atoms with van der Waals surface area (Å²) in [5.74, 6) is -1.49. The Morgan fingerprint density at radius 2 is 2.10 bits per heavy atom. The average Bonchev–Trinajstić information content (AvgIpc) is 2.85. The van der Waals surface area contributed by atoms with Crippen LogP contribution in [0.15, 0.2) is 29.6 Å². The minimum Gasteiger partial charge on any atom is -0.481 e. The van der Waals surface area contributed by atoms with Gasteiger partial charge < -0.3 is 5.11 Å². The van der Waals surface area contributed by atoms with Crippen LogP contribution in [-0.2, 0) is 16.0 Å². The van der Waals surface area contributed by atoms with Crippen molar-refractivity contribution in [2.24, 2.45) is 0 Å². The first-order valence-electron chi connectivity index (χ1n) is 5.98. The minimum absolute atomic E-state index is 0.00214. The highest BCUT2D eigenvalue weighted by Gasteiger charge is 2.11. The molecule has 0 fully saturated rings. The Bertz CT molecular complexity index is 639. The molecule has 2 aromatic rings. The number of Topliss-reactive ketones (excluding diaryl/α,β-unsaturated/α-hetero) is 1. The Hall–Kier alpha value is -2.08. The molecule has 0 radical (unpaired) electrons. The van der Waals surface area contributed by atoms with E-state index in [0.717, 1.165) is 0 Å². The molecule has 1 heterocycles. The second kappa shape index (κ2) is 6.38. The molecule has 1 N–H and O–H groups in total. The van der Waals surface area contributed by atoms with Crippen molar-refractivity contribution < 1.29 is 19.1 Å². The first-order chi connectivity index (χ1) is 9.54. The van der Waals surface area contributed by atoms with Gasteiger partial charge in [0, 0.05) is 23.8 Å². The molecule has 0 saturated carbocycles. The highest BCUT2D eigenvalue weighted by atomic mass is 32.1. The molecular weight excluding hydrogens is 281 g/mol. The van der Waals surface area contributed by atoms with E-state index in [4.69, 9.17) is 5.11 Å². The van der Waals surface area contributed by atoms with E-state index in [0.29, 0.717) is 16.3 Å². The summed E-state index contributed by atoms with van der Waals surface area (Å²) in [6, 6.07) is 6.09. The van der Waals surface area contributed by atoms with E-state index in [1.165, 1.54) is 23.5 Å². The predicted molar refractivity (Wildman–Crippen MR) is 73.1 cm³/mol. The lowest BCUT2D eigenvalue weighted by molar-refractivity contribution is -0.138. The topological polar surface area (TPSA) is 67.3 Å². The van der Waals surface area contributed by atoms with Crippen molar-refractivity contribution in [2.75, 3.05) is 0 Å². The van der Waals surface area contributed by atoms with Gasteiger partial charge in [0.25, 0.3) is 0 Å². The first-order valence-corrected chi connectivity index (χ1v) is 6.86. The monoisotopic (exact) mass is 293 g/mol. The average molecular weight is 293 g/mol. The summed E-state index contributed by atoms with van der Waals surface area (Å²) in [5, 5.41) is 10.9. The van der Waals surface area contributed by atoms with E-state index >= 15 is 0 Å². The fourth-order valence-corrected chi connectivity index (χ4v) is 2.50. The molecule has 0 saturated heterocycles. The largest absolute Gasteiger partial charge is 0.481 e. The Balaban J connectivity index is 2.02. The molecule has 0 unspecified atom stereocenters. The van der Waals surface area contributed by atoms with Gasteiger partial charge in [-0.25, -0.2) is 9.37 Å². The van der Waals surface area contributed by atoms with Crippen LogP contribution in [0.3, 0.4) is 0 Å². The number of carboxylic acid groups (broad SMARTS) is 1. The number of aliphatic carboxylic acids is 1. The van der Waals surface area contributed by atoms with Crippen LogP contribution < -0.4 is 0 Å². The van der Waals surface area contributed by atoms with Crippen LogP contribution in [0.2, 0.25) is 0 Å². The zero-order chi connectivity index (χ0) is 14.5. The number of hydrogen-bond donors (Lipinski definition) is 1. The summed E-state index contributed by atoms with van der Waals surface area (Å²) >= 11 is 1.33. The molecule has 104 valence electrons. The number of halogens is 1. The Morgan fingerprint density at radius 1 is 1.30 bits per heavy atom. The number of nitrogens with zero attached hydrogens (tertiary/aromatic N) is 1. The minimum atomic E-state index is -0.989. The molecule has 1 aromatic heterocycles. The molecule has 2 rings (SSSR count). The molecule has 0 spiro atoms. The van der Waals surface area contributed by atoms with Crippen molar-refractivity contribution >= 4 is 23.1 Å². The fraction of sp³-hybridized carbons (Fsp3) is 0.214. The van der Waals surface area contributed by atoms with Gasteiger partial charge >= 0.3 is 5.97 Å². The first kappa shape index (κ1) is 14.3. The van der Waals surface area contributed by atoms with Gasteiger partial charge in [0.2, 0.25) is 0 Å². The van der Waals surface area contributed by atoms with Gasteiger partial charge in [0.15, 0.2) is 0 Å². The van der Waals surface area contributed by atoms with Crippen molar-refractivity contribution in [1.29, 1.82) is 0 Å². The molecule has 0 aliphatic rings. The van der Waals surface area contributed by atoms with Gasteiger partial charge in [-0.3, -0.25) is 9.59 Å². The van der Waals surface area contributed by atoms with E-state index < -0.39 is 5.97 Å². The number of carbonyl (C=O) groups excluding carboxylic acids is 1. The molecular formula is C14H12FNO3S. The maximum Gasteiger partial charge on any atom is 0.303 e. The molecule has 20 heavy (non-hydrogen) atoms. The normalized spacial score (nSPS) is 10.4. The molecule has 0 aliphatic heterocycles. The molecule has 1 aromatic carbocycles. The number of hydrogen-bond acceptors (Lipinski definition) is 4. The van der Waals surface area contributed by atoms with Gasteiger partial charge in [-0.05, 0) is 12.1 Å². The number of carbonyl (C=O) groups is 2.